The molecule has 0 saturated heterocycles. The molecule has 30 heavy (non-hydrogen) atoms. The minimum Gasteiger partial charge on any atom is -0.349 e. The lowest BCUT2D eigenvalue weighted by Gasteiger charge is -2.06. The highest BCUT2D eigenvalue weighted by atomic mass is 32.1. The molecule has 4 aromatic rings. The molecule has 0 unspecified atom stereocenters. The molecule has 0 aliphatic carbocycles. The summed E-state index contributed by atoms with van der Waals surface area (Å²) in [6.45, 7) is 1.18. The van der Waals surface area contributed by atoms with E-state index in [2.05, 4.69) is 15.6 Å². The average Bonchev–Trinajstić information content (AvgIpc) is 3.34. The SMILES string of the molecule is O=C(CNCc1ccccc1)NCc1csc2nc(-c3ccccc3[N+](=O)[O-])cn12. The van der Waals surface area contributed by atoms with Crippen LogP contribution in [0.2, 0.25) is 0 Å². The van der Waals surface area contributed by atoms with Crippen LogP contribution >= 0.6 is 11.3 Å². The Morgan fingerprint density at radius 2 is 1.87 bits per heavy atom. The van der Waals surface area contributed by atoms with Gasteiger partial charge in [0.25, 0.3) is 5.69 Å². The summed E-state index contributed by atoms with van der Waals surface area (Å²) in [5, 5.41) is 19.2. The van der Waals surface area contributed by atoms with Gasteiger partial charge in [0.05, 0.1) is 35.0 Å². The van der Waals surface area contributed by atoms with E-state index in [9.17, 15) is 14.9 Å². The number of para-hydroxylation sites is 1. The third kappa shape index (κ3) is 4.37. The van der Waals surface area contributed by atoms with Gasteiger partial charge in [0.15, 0.2) is 4.96 Å². The van der Waals surface area contributed by atoms with Crippen LogP contribution in [0.3, 0.4) is 0 Å². The Labute approximate surface area is 176 Å². The number of benzene rings is 2. The molecule has 4 rings (SSSR count). The van der Waals surface area contributed by atoms with Crippen molar-refractivity contribution in [1.82, 2.24) is 20.0 Å². The Morgan fingerprint density at radius 3 is 2.67 bits per heavy atom. The van der Waals surface area contributed by atoms with Gasteiger partial charge in [-0.2, -0.15) is 0 Å². The van der Waals surface area contributed by atoms with E-state index in [1.165, 1.54) is 17.4 Å². The lowest BCUT2D eigenvalue weighted by atomic mass is 10.1. The van der Waals surface area contributed by atoms with Gasteiger partial charge >= 0.3 is 0 Å². The lowest BCUT2D eigenvalue weighted by molar-refractivity contribution is -0.384. The first-order valence-corrected chi connectivity index (χ1v) is 10.2. The van der Waals surface area contributed by atoms with Crippen LogP contribution in [0.15, 0.2) is 66.2 Å². The Hall–Kier alpha value is -3.56. The number of nitrogens with one attached hydrogen (secondary N) is 2. The van der Waals surface area contributed by atoms with Crippen LogP contribution in [0, 0.1) is 10.1 Å². The minimum absolute atomic E-state index is 0.0163. The highest BCUT2D eigenvalue weighted by Crippen LogP contribution is 2.30. The zero-order valence-electron chi connectivity index (χ0n) is 15.9. The second-order valence-corrected chi connectivity index (χ2v) is 7.48. The molecule has 2 heterocycles. The van der Waals surface area contributed by atoms with Crippen molar-refractivity contribution in [2.45, 2.75) is 13.1 Å². The summed E-state index contributed by atoms with van der Waals surface area (Å²) >= 11 is 1.43. The number of carbonyl (C=O) groups is 1. The number of hydrogen-bond donors (Lipinski definition) is 2. The zero-order valence-corrected chi connectivity index (χ0v) is 16.8. The van der Waals surface area contributed by atoms with E-state index in [-0.39, 0.29) is 18.1 Å². The van der Waals surface area contributed by atoms with Crippen molar-refractivity contribution >= 4 is 27.9 Å². The molecule has 0 spiro atoms. The van der Waals surface area contributed by atoms with Crippen LogP contribution in [-0.2, 0) is 17.9 Å². The molecule has 0 aliphatic rings. The maximum absolute atomic E-state index is 12.1. The van der Waals surface area contributed by atoms with Gasteiger partial charge in [0.2, 0.25) is 5.91 Å². The predicted molar refractivity (Wildman–Crippen MR) is 115 cm³/mol. The van der Waals surface area contributed by atoms with Gasteiger partial charge < -0.3 is 10.6 Å². The molecule has 2 aromatic heterocycles. The van der Waals surface area contributed by atoms with Crippen LogP contribution < -0.4 is 10.6 Å². The summed E-state index contributed by atoms with van der Waals surface area (Å²) in [6.07, 6.45) is 1.77. The van der Waals surface area contributed by atoms with Crippen molar-refractivity contribution in [3.63, 3.8) is 0 Å². The zero-order chi connectivity index (χ0) is 20.9. The van der Waals surface area contributed by atoms with Crippen LogP contribution in [0.4, 0.5) is 5.69 Å². The normalized spacial score (nSPS) is 10.9. The summed E-state index contributed by atoms with van der Waals surface area (Å²) in [6, 6.07) is 16.4. The quantitative estimate of drug-likeness (QED) is 0.335. The fraction of sp³-hybridized carbons (Fsp3) is 0.143. The summed E-state index contributed by atoms with van der Waals surface area (Å²) in [7, 11) is 0. The fourth-order valence-corrected chi connectivity index (χ4v) is 3.98. The molecule has 2 aromatic carbocycles. The number of nitrogens with zero attached hydrogens (tertiary/aromatic N) is 3. The maximum atomic E-state index is 12.1. The Morgan fingerprint density at radius 1 is 1.10 bits per heavy atom. The third-order valence-corrected chi connectivity index (χ3v) is 5.47. The van der Waals surface area contributed by atoms with Gasteiger partial charge in [-0.25, -0.2) is 4.98 Å². The Balaban J connectivity index is 1.40. The second kappa shape index (κ2) is 8.85. The van der Waals surface area contributed by atoms with E-state index >= 15 is 0 Å². The van der Waals surface area contributed by atoms with Gasteiger partial charge in [-0.1, -0.05) is 42.5 Å². The monoisotopic (exact) mass is 421 g/mol. The highest BCUT2D eigenvalue weighted by molar-refractivity contribution is 7.15. The number of hydrogen-bond acceptors (Lipinski definition) is 6. The largest absolute Gasteiger partial charge is 0.349 e. The average molecular weight is 421 g/mol. The fourth-order valence-electron chi connectivity index (χ4n) is 3.10. The van der Waals surface area contributed by atoms with Crippen molar-refractivity contribution in [2.24, 2.45) is 0 Å². The summed E-state index contributed by atoms with van der Waals surface area (Å²) in [5.74, 6) is -0.107. The molecule has 0 saturated carbocycles. The summed E-state index contributed by atoms with van der Waals surface area (Å²) in [4.78, 5) is 28.2. The standard InChI is InChI=1S/C21H19N5O3S/c27-20(12-22-10-15-6-2-1-3-7-15)23-11-16-14-30-21-24-18(13-25(16)21)17-8-4-5-9-19(17)26(28)29/h1-9,13-14,22H,10-12H2,(H,23,27). The number of fused-ring (bicyclic) bond motifs is 1. The smallest absolute Gasteiger partial charge is 0.278 e. The molecule has 0 bridgehead atoms. The second-order valence-electron chi connectivity index (χ2n) is 6.65. The van der Waals surface area contributed by atoms with Crippen molar-refractivity contribution in [3.8, 4) is 11.3 Å². The third-order valence-electron chi connectivity index (χ3n) is 4.58. The van der Waals surface area contributed by atoms with Gasteiger partial charge in [-0.05, 0) is 11.6 Å². The number of rotatable bonds is 8. The molecular formula is C21H19N5O3S. The minimum atomic E-state index is -0.410. The van der Waals surface area contributed by atoms with Gasteiger partial charge in [0.1, 0.15) is 0 Å². The number of amides is 1. The lowest BCUT2D eigenvalue weighted by Crippen LogP contribution is -2.33. The van der Waals surface area contributed by atoms with Crippen molar-refractivity contribution < 1.29 is 9.72 Å². The molecule has 0 atom stereocenters. The van der Waals surface area contributed by atoms with E-state index in [0.717, 1.165) is 16.2 Å². The first-order valence-electron chi connectivity index (χ1n) is 9.32. The van der Waals surface area contributed by atoms with Crippen LogP contribution in [0.1, 0.15) is 11.3 Å². The molecular weight excluding hydrogens is 402 g/mol. The van der Waals surface area contributed by atoms with Crippen LogP contribution in [-0.4, -0.2) is 26.8 Å². The van der Waals surface area contributed by atoms with E-state index in [4.69, 9.17) is 0 Å². The summed E-state index contributed by atoms with van der Waals surface area (Å²) < 4.78 is 1.86. The number of imidazole rings is 1. The first-order chi connectivity index (χ1) is 14.6. The van der Waals surface area contributed by atoms with Gasteiger partial charge in [-0.15, -0.1) is 11.3 Å². The molecule has 9 heteroatoms. The number of thiazole rings is 1. The van der Waals surface area contributed by atoms with Crippen LogP contribution in [0.5, 0.6) is 0 Å². The number of carbonyl (C=O) groups excluding carboxylic acids is 1. The molecule has 8 nitrogen and oxygen atoms in total. The van der Waals surface area contributed by atoms with E-state index in [1.807, 2.05) is 40.1 Å². The Bertz CT molecular complexity index is 1190. The first kappa shape index (κ1) is 19.7. The summed E-state index contributed by atoms with van der Waals surface area (Å²) in [5.41, 5.74) is 3.00. The highest BCUT2D eigenvalue weighted by Gasteiger charge is 2.18. The van der Waals surface area contributed by atoms with Crippen LogP contribution in [0.25, 0.3) is 16.2 Å². The number of nitro groups is 1. The number of aromatic nitrogens is 2. The molecule has 152 valence electrons. The Kier molecular flexibility index (Phi) is 5.82. The van der Waals surface area contributed by atoms with Crippen molar-refractivity contribution in [3.05, 3.63) is 87.5 Å². The maximum Gasteiger partial charge on any atom is 0.278 e. The topological polar surface area (TPSA) is 102 Å². The van der Waals surface area contributed by atoms with Crippen molar-refractivity contribution in [2.75, 3.05) is 6.54 Å². The van der Waals surface area contributed by atoms with E-state index in [1.54, 1.807) is 24.4 Å². The van der Waals surface area contributed by atoms with E-state index < -0.39 is 4.92 Å². The van der Waals surface area contributed by atoms with Gasteiger partial charge in [0, 0.05) is 24.2 Å². The van der Waals surface area contributed by atoms with Crippen molar-refractivity contribution in [1.29, 1.82) is 0 Å². The molecule has 0 aliphatic heterocycles. The molecule has 2 N–H and O–H groups in total. The van der Waals surface area contributed by atoms with Gasteiger partial charge in [-0.3, -0.25) is 19.3 Å². The number of nitro benzene ring substituents is 1. The molecule has 0 radical (unpaired) electrons. The molecule has 0 fully saturated rings. The molecule has 1 amide bonds. The predicted octanol–water partition coefficient (Wildman–Crippen LogP) is 3.38. The van der Waals surface area contributed by atoms with E-state index in [0.29, 0.717) is 24.3 Å².